The molecule has 0 amide bonds. The monoisotopic (exact) mass is 291 g/mol. The Morgan fingerprint density at radius 2 is 1.95 bits per heavy atom. The predicted octanol–water partition coefficient (Wildman–Crippen LogP) is 4.15. The molecule has 0 fully saturated rings. The molecule has 0 saturated heterocycles. The minimum absolute atomic E-state index is 0.0687. The second kappa shape index (κ2) is 5.58. The number of benzene rings is 1. The summed E-state index contributed by atoms with van der Waals surface area (Å²) in [5.41, 5.74) is 3.49. The Hall–Kier alpha value is -1.95. The maximum Gasteiger partial charge on any atom is 0.292 e. The first-order valence-electron chi connectivity index (χ1n) is 6.32. The standard InChI is InChI=1S/C14H17N3O2S/c1-8-5-12(14(17(18)19)6-9(8)2)15-10(3)13-7-20-11(4)16-13/h5-7,10,15H,1-4H3. The SMILES string of the molecule is Cc1nc(C(C)Nc2cc(C)c(C)cc2[N+](=O)[O-])cs1. The normalized spacial score (nSPS) is 12.2. The van der Waals surface area contributed by atoms with E-state index in [4.69, 9.17) is 0 Å². The van der Waals surface area contributed by atoms with Gasteiger partial charge in [0, 0.05) is 11.4 Å². The third kappa shape index (κ3) is 2.96. The molecule has 1 aromatic carbocycles. The van der Waals surface area contributed by atoms with Gasteiger partial charge in [-0.1, -0.05) is 0 Å². The number of nitrogens with one attached hydrogen (secondary N) is 1. The topological polar surface area (TPSA) is 68.1 Å². The molecule has 6 heteroatoms. The zero-order chi connectivity index (χ0) is 14.9. The quantitative estimate of drug-likeness (QED) is 0.678. The molecule has 106 valence electrons. The molecule has 5 nitrogen and oxygen atoms in total. The van der Waals surface area contributed by atoms with Crippen molar-refractivity contribution in [2.75, 3.05) is 5.32 Å². The molecule has 1 heterocycles. The second-order valence-corrected chi connectivity index (χ2v) is 5.93. The zero-order valence-electron chi connectivity index (χ0n) is 11.9. The molecular weight excluding hydrogens is 274 g/mol. The lowest BCUT2D eigenvalue weighted by Gasteiger charge is -2.14. The lowest BCUT2D eigenvalue weighted by Crippen LogP contribution is -2.09. The maximum atomic E-state index is 11.2. The zero-order valence-corrected chi connectivity index (χ0v) is 12.7. The number of anilines is 1. The number of thiazole rings is 1. The molecule has 1 N–H and O–H groups in total. The summed E-state index contributed by atoms with van der Waals surface area (Å²) in [6.45, 7) is 7.72. The van der Waals surface area contributed by atoms with Crippen molar-refractivity contribution in [2.45, 2.75) is 33.7 Å². The number of nitro groups is 1. The largest absolute Gasteiger partial charge is 0.371 e. The Labute approximate surface area is 121 Å². The van der Waals surface area contributed by atoms with Gasteiger partial charge in [0.05, 0.1) is 21.7 Å². The van der Waals surface area contributed by atoms with Gasteiger partial charge in [0.2, 0.25) is 0 Å². The van der Waals surface area contributed by atoms with Crippen molar-refractivity contribution in [1.29, 1.82) is 0 Å². The first kappa shape index (κ1) is 14.5. The molecule has 0 saturated carbocycles. The molecule has 20 heavy (non-hydrogen) atoms. The average Bonchev–Trinajstić information content (AvgIpc) is 2.80. The fourth-order valence-corrected chi connectivity index (χ4v) is 2.66. The highest BCUT2D eigenvalue weighted by atomic mass is 32.1. The van der Waals surface area contributed by atoms with Gasteiger partial charge in [-0.25, -0.2) is 4.98 Å². The Morgan fingerprint density at radius 1 is 1.30 bits per heavy atom. The first-order valence-corrected chi connectivity index (χ1v) is 7.20. The number of aryl methyl sites for hydroxylation is 3. The van der Waals surface area contributed by atoms with E-state index in [1.54, 1.807) is 17.4 Å². The van der Waals surface area contributed by atoms with Crippen LogP contribution in [0.15, 0.2) is 17.5 Å². The molecule has 1 aromatic heterocycles. The van der Waals surface area contributed by atoms with Crippen LogP contribution in [-0.4, -0.2) is 9.91 Å². The fourth-order valence-electron chi connectivity index (χ4n) is 1.95. The molecule has 0 radical (unpaired) electrons. The van der Waals surface area contributed by atoms with Gasteiger partial charge in [0.25, 0.3) is 5.69 Å². The van der Waals surface area contributed by atoms with E-state index in [9.17, 15) is 10.1 Å². The minimum Gasteiger partial charge on any atom is -0.371 e. The summed E-state index contributed by atoms with van der Waals surface area (Å²) in [7, 11) is 0. The Morgan fingerprint density at radius 3 is 2.50 bits per heavy atom. The van der Waals surface area contributed by atoms with Crippen LogP contribution in [0.25, 0.3) is 0 Å². The third-order valence-corrected chi connectivity index (χ3v) is 4.05. The third-order valence-electron chi connectivity index (χ3n) is 3.26. The van der Waals surface area contributed by atoms with Crippen LogP contribution in [0.2, 0.25) is 0 Å². The van der Waals surface area contributed by atoms with Crippen molar-refractivity contribution in [1.82, 2.24) is 4.98 Å². The Balaban J connectivity index is 2.33. The highest BCUT2D eigenvalue weighted by molar-refractivity contribution is 7.09. The molecule has 0 bridgehead atoms. The van der Waals surface area contributed by atoms with Crippen LogP contribution in [0.4, 0.5) is 11.4 Å². The van der Waals surface area contributed by atoms with Crippen LogP contribution >= 0.6 is 11.3 Å². The number of rotatable bonds is 4. The van der Waals surface area contributed by atoms with Gasteiger partial charge in [0.15, 0.2) is 0 Å². The second-order valence-electron chi connectivity index (χ2n) is 4.87. The molecule has 2 rings (SSSR count). The molecule has 0 spiro atoms. The van der Waals surface area contributed by atoms with E-state index in [2.05, 4.69) is 10.3 Å². The lowest BCUT2D eigenvalue weighted by atomic mass is 10.1. The van der Waals surface area contributed by atoms with E-state index in [-0.39, 0.29) is 16.7 Å². The van der Waals surface area contributed by atoms with Crippen molar-refractivity contribution in [2.24, 2.45) is 0 Å². The Kier molecular flexibility index (Phi) is 4.04. The van der Waals surface area contributed by atoms with E-state index in [1.807, 2.05) is 39.1 Å². The first-order chi connectivity index (χ1) is 9.38. The van der Waals surface area contributed by atoms with E-state index in [1.165, 1.54) is 0 Å². The summed E-state index contributed by atoms with van der Waals surface area (Å²) >= 11 is 1.57. The van der Waals surface area contributed by atoms with E-state index >= 15 is 0 Å². The molecular formula is C14H17N3O2S. The van der Waals surface area contributed by atoms with Crippen molar-refractivity contribution in [3.05, 3.63) is 49.5 Å². The van der Waals surface area contributed by atoms with Crippen LogP contribution < -0.4 is 5.32 Å². The molecule has 0 aliphatic rings. The highest BCUT2D eigenvalue weighted by Gasteiger charge is 2.18. The number of hydrogen-bond acceptors (Lipinski definition) is 5. The fraction of sp³-hybridized carbons (Fsp3) is 0.357. The van der Waals surface area contributed by atoms with E-state index in [0.717, 1.165) is 21.8 Å². The van der Waals surface area contributed by atoms with Gasteiger partial charge in [0.1, 0.15) is 5.69 Å². The van der Waals surface area contributed by atoms with Crippen molar-refractivity contribution < 1.29 is 4.92 Å². The molecule has 1 atom stereocenters. The minimum atomic E-state index is -0.353. The van der Waals surface area contributed by atoms with Crippen LogP contribution in [0.5, 0.6) is 0 Å². The average molecular weight is 291 g/mol. The molecule has 1 unspecified atom stereocenters. The van der Waals surface area contributed by atoms with E-state index in [0.29, 0.717) is 5.69 Å². The maximum absolute atomic E-state index is 11.2. The molecule has 0 aliphatic carbocycles. The van der Waals surface area contributed by atoms with Crippen molar-refractivity contribution in [3.8, 4) is 0 Å². The summed E-state index contributed by atoms with van der Waals surface area (Å²) in [4.78, 5) is 15.2. The number of nitro benzene ring substituents is 1. The van der Waals surface area contributed by atoms with Gasteiger partial charge >= 0.3 is 0 Å². The van der Waals surface area contributed by atoms with Gasteiger partial charge in [-0.15, -0.1) is 11.3 Å². The Bertz CT molecular complexity index is 652. The lowest BCUT2D eigenvalue weighted by molar-refractivity contribution is -0.384. The van der Waals surface area contributed by atoms with Crippen molar-refractivity contribution >= 4 is 22.7 Å². The number of aromatic nitrogens is 1. The number of hydrogen-bond donors (Lipinski definition) is 1. The summed E-state index contributed by atoms with van der Waals surface area (Å²) in [5, 5.41) is 17.3. The van der Waals surface area contributed by atoms with Crippen LogP contribution in [0, 0.1) is 30.9 Å². The summed E-state index contributed by atoms with van der Waals surface area (Å²) in [6.07, 6.45) is 0. The summed E-state index contributed by atoms with van der Waals surface area (Å²) in [5.74, 6) is 0. The summed E-state index contributed by atoms with van der Waals surface area (Å²) in [6, 6.07) is 3.36. The number of nitrogens with zero attached hydrogens (tertiary/aromatic N) is 2. The van der Waals surface area contributed by atoms with Gasteiger partial charge in [-0.3, -0.25) is 10.1 Å². The predicted molar refractivity (Wildman–Crippen MR) is 81.5 cm³/mol. The molecule has 0 aliphatic heterocycles. The smallest absolute Gasteiger partial charge is 0.292 e. The van der Waals surface area contributed by atoms with Crippen molar-refractivity contribution in [3.63, 3.8) is 0 Å². The summed E-state index contributed by atoms with van der Waals surface area (Å²) < 4.78 is 0. The van der Waals surface area contributed by atoms with Gasteiger partial charge in [-0.2, -0.15) is 0 Å². The van der Waals surface area contributed by atoms with E-state index < -0.39 is 0 Å². The van der Waals surface area contributed by atoms with Gasteiger partial charge < -0.3 is 5.32 Å². The van der Waals surface area contributed by atoms with Gasteiger partial charge in [-0.05, 0) is 44.9 Å². The van der Waals surface area contributed by atoms with Crippen LogP contribution in [-0.2, 0) is 0 Å². The highest BCUT2D eigenvalue weighted by Crippen LogP contribution is 2.31. The van der Waals surface area contributed by atoms with Crippen LogP contribution in [0.3, 0.4) is 0 Å². The molecule has 2 aromatic rings. The van der Waals surface area contributed by atoms with Crippen LogP contribution in [0.1, 0.15) is 34.8 Å².